The quantitative estimate of drug-likeness (QED) is 0.785. The monoisotopic (exact) mass is 310 g/mol. The third kappa shape index (κ3) is 2.91. The zero-order valence-corrected chi connectivity index (χ0v) is 14.2. The molecule has 0 saturated heterocycles. The van der Waals surface area contributed by atoms with E-state index in [1.807, 2.05) is 29.1 Å². The zero-order chi connectivity index (χ0) is 16.8. The topological polar surface area (TPSA) is 63.6 Å². The van der Waals surface area contributed by atoms with Gasteiger partial charge in [0.25, 0.3) is 5.56 Å². The molecule has 2 heterocycles. The van der Waals surface area contributed by atoms with Gasteiger partial charge < -0.3 is 4.98 Å². The molecule has 0 aliphatic rings. The van der Waals surface area contributed by atoms with Gasteiger partial charge in [0.05, 0.1) is 28.2 Å². The van der Waals surface area contributed by atoms with Gasteiger partial charge >= 0.3 is 0 Å². The van der Waals surface area contributed by atoms with Crippen molar-refractivity contribution >= 4 is 10.9 Å². The highest BCUT2D eigenvalue weighted by Crippen LogP contribution is 2.22. The van der Waals surface area contributed by atoms with Crippen molar-refractivity contribution in [3.63, 3.8) is 0 Å². The van der Waals surface area contributed by atoms with Crippen molar-refractivity contribution in [2.24, 2.45) is 0 Å². The number of hydrogen-bond donors (Lipinski definition) is 1. The summed E-state index contributed by atoms with van der Waals surface area (Å²) in [6, 6.07) is 5.87. The molecule has 3 aromatic rings. The molecule has 0 atom stereocenters. The molecule has 0 bridgehead atoms. The second kappa shape index (κ2) is 5.33. The van der Waals surface area contributed by atoms with Gasteiger partial charge in [-0.3, -0.25) is 9.48 Å². The highest BCUT2D eigenvalue weighted by atomic mass is 16.1. The van der Waals surface area contributed by atoms with Crippen LogP contribution in [0, 0.1) is 0 Å². The van der Waals surface area contributed by atoms with E-state index in [9.17, 15) is 4.79 Å². The smallest absolute Gasteiger partial charge is 0.259 e. The maximum atomic E-state index is 12.4. The molecule has 0 aliphatic heterocycles. The Kier molecular flexibility index (Phi) is 3.59. The van der Waals surface area contributed by atoms with Crippen LogP contribution in [0.15, 0.2) is 35.4 Å². The van der Waals surface area contributed by atoms with E-state index in [0.29, 0.717) is 22.6 Å². The van der Waals surface area contributed by atoms with Crippen LogP contribution in [-0.2, 0) is 5.54 Å². The molecule has 2 aromatic heterocycles. The Bertz CT molecular complexity index is 913. The number of nitrogens with one attached hydrogen (secondary N) is 1. The molecule has 5 nitrogen and oxygen atoms in total. The fourth-order valence-corrected chi connectivity index (χ4v) is 2.46. The van der Waals surface area contributed by atoms with Crippen molar-refractivity contribution in [1.29, 1.82) is 0 Å². The number of aromatic nitrogens is 4. The highest BCUT2D eigenvalue weighted by molar-refractivity contribution is 5.80. The maximum absolute atomic E-state index is 12.4. The van der Waals surface area contributed by atoms with Gasteiger partial charge in [-0.05, 0) is 44.4 Å². The molecule has 23 heavy (non-hydrogen) atoms. The van der Waals surface area contributed by atoms with E-state index in [2.05, 4.69) is 49.7 Å². The number of fused-ring (bicyclic) bond motifs is 1. The fourth-order valence-electron chi connectivity index (χ4n) is 2.46. The molecule has 0 unspecified atom stereocenters. The molecule has 1 aromatic carbocycles. The number of nitrogens with zero attached hydrogens (tertiary/aromatic N) is 3. The summed E-state index contributed by atoms with van der Waals surface area (Å²) in [5, 5.41) is 4.99. The summed E-state index contributed by atoms with van der Waals surface area (Å²) in [7, 11) is 0. The molecule has 0 aliphatic carbocycles. The minimum Gasteiger partial charge on any atom is -0.306 e. The van der Waals surface area contributed by atoms with Crippen molar-refractivity contribution in [3.8, 4) is 11.4 Å². The first-order valence-electron chi connectivity index (χ1n) is 7.85. The van der Waals surface area contributed by atoms with Gasteiger partial charge in [0.1, 0.15) is 5.82 Å². The minimum absolute atomic E-state index is 0.110. The van der Waals surface area contributed by atoms with E-state index in [0.717, 1.165) is 11.1 Å². The Morgan fingerprint density at radius 2 is 1.96 bits per heavy atom. The van der Waals surface area contributed by atoms with Crippen molar-refractivity contribution < 1.29 is 0 Å². The third-order valence-electron chi connectivity index (χ3n) is 3.94. The summed E-state index contributed by atoms with van der Waals surface area (Å²) in [6.07, 6.45) is 3.64. The first-order chi connectivity index (χ1) is 10.8. The molecule has 0 spiro atoms. The van der Waals surface area contributed by atoms with Gasteiger partial charge in [-0.15, -0.1) is 0 Å². The Hall–Kier alpha value is -2.43. The molecule has 0 saturated carbocycles. The van der Waals surface area contributed by atoms with Crippen LogP contribution in [0.5, 0.6) is 0 Å². The Balaban J connectivity index is 2.11. The number of rotatable bonds is 2. The van der Waals surface area contributed by atoms with Crippen LogP contribution in [0.25, 0.3) is 22.3 Å². The van der Waals surface area contributed by atoms with Gasteiger partial charge in [-0.25, -0.2) is 4.98 Å². The molecule has 120 valence electrons. The largest absolute Gasteiger partial charge is 0.306 e. The van der Waals surface area contributed by atoms with E-state index >= 15 is 0 Å². The molecular formula is C18H22N4O. The second-order valence-electron chi connectivity index (χ2n) is 7.19. The number of benzene rings is 1. The number of aromatic amines is 1. The molecule has 0 radical (unpaired) electrons. The van der Waals surface area contributed by atoms with Gasteiger partial charge in [-0.2, -0.15) is 5.10 Å². The third-order valence-corrected chi connectivity index (χ3v) is 3.94. The van der Waals surface area contributed by atoms with E-state index in [4.69, 9.17) is 0 Å². The standard InChI is InChI=1S/C18H22N4O/c1-11(2)12-6-7-15-14(8-12)17(23)21-16(20-15)13-9-19-22(10-13)18(3,4)5/h6-11H,1-5H3,(H,20,21,23). The molecule has 1 N–H and O–H groups in total. The van der Waals surface area contributed by atoms with Crippen molar-refractivity contribution in [3.05, 3.63) is 46.5 Å². The van der Waals surface area contributed by atoms with Gasteiger partial charge in [0, 0.05) is 6.20 Å². The lowest BCUT2D eigenvalue weighted by Gasteiger charge is -2.18. The Morgan fingerprint density at radius 1 is 1.22 bits per heavy atom. The van der Waals surface area contributed by atoms with E-state index < -0.39 is 0 Å². The number of hydrogen-bond acceptors (Lipinski definition) is 3. The summed E-state index contributed by atoms with van der Waals surface area (Å²) in [4.78, 5) is 19.9. The molecule has 0 fully saturated rings. The average Bonchev–Trinajstić information content (AvgIpc) is 2.96. The molecule has 5 heteroatoms. The lowest BCUT2D eigenvalue weighted by Crippen LogP contribution is -2.21. The van der Waals surface area contributed by atoms with E-state index in [-0.39, 0.29) is 11.1 Å². The van der Waals surface area contributed by atoms with Crippen LogP contribution in [0.4, 0.5) is 0 Å². The van der Waals surface area contributed by atoms with Crippen molar-refractivity contribution in [1.82, 2.24) is 19.7 Å². The van der Waals surface area contributed by atoms with Crippen molar-refractivity contribution in [2.75, 3.05) is 0 Å². The van der Waals surface area contributed by atoms with Gasteiger partial charge in [-0.1, -0.05) is 19.9 Å². The van der Waals surface area contributed by atoms with Crippen LogP contribution in [-0.4, -0.2) is 19.7 Å². The van der Waals surface area contributed by atoms with Crippen LogP contribution in [0.3, 0.4) is 0 Å². The average molecular weight is 310 g/mol. The molecule has 0 amide bonds. The predicted molar refractivity (Wildman–Crippen MR) is 92.7 cm³/mol. The van der Waals surface area contributed by atoms with Crippen LogP contribution >= 0.6 is 0 Å². The van der Waals surface area contributed by atoms with Gasteiger partial charge in [0.2, 0.25) is 0 Å². The minimum atomic E-state index is -0.115. The molecule has 3 rings (SSSR count). The second-order valence-corrected chi connectivity index (χ2v) is 7.19. The molecular weight excluding hydrogens is 288 g/mol. The maximum Gasteiger partial charge on any atom is 0.259 e. The van der Waals surface area contributed by atoms with Gasteiger partial charge in [0.15, 0.2) is 0 Å². The summed E-state index contributed by atoms with van der Waals surface area (Å²) in [6.45, 7) is 10.4. The zero-order valence-electron chi connectivity index (χ0n) is 14.2. The summed E-state index contributed by atoms with van der Waals surface area (Å²) in [5.74, 6) is 0.929. The normalized spacial score (nSPS) is 12.3. The van der Waals surface area contributed by atoms with Crippen LogP contribution in [0.2, 0.25) is 0 Å². The predicted octanol–water partition coefficient (Wildman–Crippen LogP) is 3.67. The first-order valence-corrected chi connectivity index (χ1v) is 7.85. The van der Waals surface area contributed by atoms with E-state index in [1.165, 1.54) is 0 Å². The first kappa shape index (κ1) is 15.5. The number of H-pyrrole nitrogens is 1. The van der Waals surface area contributed by atoms with Crippen molar-refractivity contribution in [2.45, 2.75) is 46.1 Å². The van der Waals surface area contributed by atoms with E-state index in [1.54, 1.807) is 6.20 Å². The lowest BCUT2D eigenvalue weighted by molar-refractivity contribution is 0.355. The highest BCUT2D eigenvalue weighted by Gasteiger charge is 2.16. The lowest BCUT2D eigenvalue weighted by atomic mass is 10.0. The Labute approximate surface area is 135 Å². The summed E-state index contributed by atoms with van der Waals surface area (Å²) in [5.41, 5.74) is 2.43. The van der Waals surface area contributed by atoms with Crippen LogP contribution < -0.4 is 5.56 Å². The summed E-state index contributed by atoms with van der Waals surface area (Å²) < 4.78 is 1.87. The van der Waals surface area contributed by atoms with Crippen LogP contribution in [0.1, 0.15) is 46.1 Å². The fraction of sp³-hybridized carbons (Fsp3) is 0.389. The summed E-state index contributed by atoms with van der Waals surface area (Å²) >= 11 is 0. The SMILES string of the molecule is CC(C)c1ccc2nc(-c3cnn(C(C)(C)C)c3)[nH]c(=O)c2c1. The Morgan fingerprint density at radius 3 is 2.57 bits per heavy atom.